The van der Waals surface area contributed by atoms with Crippen molar-refractivity contribution in [2.75, 3.05) is 24.5 Å². The van der Waals surface area contributed by atoms with Crippen LogP contribution in [0.5, 0.6) is 0 Å². The summed E-state index contributed by atoms with van der Waals surface area (Å²) >= 11 is 1.47. The maximum Gasteiger partial charge on any atom is 0.0645 e. The van der Waals surface area contributed by atoms with Gasteiger partial charge in [-0.05, 0) is 294 Å². The third-order valence-corrected chi connectivity index (χ3v) is 30.6. The minimum absolute atomic E-state index is 0.116. The zero-order valence-electron chi connectivity index (χ0n) is 91.6. The topological polar surface area (TPSA) is 16.2 Å². The lowest BCUT2D eigenvalue weighted by Gasteiger charge is -2.43. The molecule has 1 fully saturated rings. The van der Waals surface area contributed by atoms with E-state index in [4.69, 9.17) is 13.7 Å². The normalized spacial score (nSPS) is 15.1. The average molecular weight is 1890 g/mol. The van der Waals surface area contributed by atoms with E-state index in [1.54, 1.807) is 12.1 Å². The molecule has 21 aromatic rings. The Morgan fingerprint density at radius 1 is 0.257 bits per heavy atom. The highest BCUT2D eigenvalue weighted by molar-refractivity contribution is 7.17. The maximum absolute atomic E-state index is 8.85. The minimum atomic E-state index is -0.600. The Morgan fingerprint density at radius 3 is 1.15 bits per heavy atom. The van der Waals surface area contributed by atoms with Crippen LogP contribution < -0.4 is 24.5 Å². The molecule has 20 aromatic carbocycles. The monoisotopic (exact) mass is 1880 g/mol. The van der Waals surface area contributed by atoms with E-state index in [1.807, 2.05) is 12.1 Å². The number of benzene rings is 20. The summed E-state index contributed by atoms with van der Waals surface area (Å²) in [6, 6.07) is 156. The van der Waals surface area contributed by atoms with E-state index in [0.717, 1.165) is 55.3 Å². The van der Waals surface area contributed by atoms with Crippen LogP contribution in [0.25, 0.3) is 65.7 Å². The summed E-state index contributed by atoms with van der Waals surface area (Å²) in [6.07, 6.45) is 6.28. The van der Waals surface area contributed by atoms with Crippen LogP contribution in [0.4, 0.5) is 85.3 Å². The number of anilines is 15. The molecule has 1 saturated carbocycles. The molecule has 698 valence electrons. The van der Waals surface area contributed by atoms with E-state index in [-0.39, 0.29) is 39.2 Å². The zero-order valence-corrected chi connectivity index (χ0v) is 82.5. The van der Waals surface area contributed by atoms with Gasteiger partial charge in [-0.1, -0.05) is 406 Å². The molecule has 1 unspecified atom stereocenters. The molecule has 25 rings (SSSR count). The molecule has 1 aromatic heterocycles. The van der Waals surface area contributed by atoms with Crippen molar-refractivity contribution in [2.24, 2.45) is 0 Å². The standard InChI is InChI=1S/C47H42N2S.C46H37N.C45H36N2/c1-47(2)42-29-34(33-15-7-3-8-16-33)23-27-44(42)49(38-21-13-6-14-22-38)45-28-24-35(30-43(45)47)41-32-50-46-31-39(25-26-40(41)46)48(36-17-9-4-10-18-36)37-19-11-5-12-20-37;1-46(2)41-23-12-13-24-43(41)47(40-21-10-5-11-22-40)44-32-38(29-30-42(44)46)37-19-14-20-39(31-37)45(35-17-8-4-9-18-35)36-27-25-34(26-28-36)33-15-6-3-7-16-33;1-45(2)41-31-35(33-15-7-3-8-16-33)25-29-43(41)47(39-21-13-6-14-22-39)44-30-26-36(32-42(44)45)34-23-27-40(28-24-34)46(37-17-9-4-10-18-37)38-19-11-5-12-20-38/h4-6,9-14,17-33H,3,7-8,15-16H2,1-2H3;3-32,45H,1-2H3;3-32H,1-2H3/i4D,5D,9D,10D,11D,12D,17D,18D,19D,20D;;. The smallest absolute Gasteiger partial charge is 0.0645 e. The SMILES string of the molecule is CC1(C)c2cc(-c3ccccc3)ccc2N(c2ccccc2)c2ccc(-c3ccc(N(c4ccccc4)c4ccccc4)cc3)cc21.CC1(C)c2ccccc2N(c2ccccc2)c2cc(-c3cccc(C(c4ccccc4)c4ccc(-c5ccccc5)cc4)c3)ccc21.[2H]c1c([2H])c([2H])c(N(c2ccc3c(-c4ccc5c(c4)C(C)(C)c4cc(C6CCCCC6)ccc4N5c4ccccc4)csc3c2)c2c([2H])c([2H])c([2H])c([2H])c2[2H])c([2H])c1[2H]. The van der Waals surface area contributed by atoms with Crippen LogP contribution in [-0.2, 0) is 16.2 Å². The van der Waals surface area contributed by atoms with Crippen molar-refractivity contribution in [2.45, 2.75) is 102 Å². The fourth-order valence-electron chi connectivity index (χ4n) is 22.3. The maximum atomic E-state index is 8.85. The first-order valence-corrected chi connectivity index (χ1v) is 50.9. The molecule has 0 spiro atoms. The van der Waals surface area contributed by atoms with Gasteiger partial charge in [0.25, 0.3) is 0 Å². The third kappa shape index (κ3) is 17.7. The van der Waals surface area contributed by atoms with Crippen molar-refractivity contribution in [3.05, 3.63) is 570 Å². The molecule has 3 aliphatic heterocycles. The zero-order chi connectivity index (χ0) is 106. The summed E-state index contributed by atoms with van der Waals surface area (Å²) in [5.74, 6) is 0.682. The molecule has 0 bridgehead atoms. The lowest BCUT2D eigenvalue weighted by Crippen LogP contribution is -2.31. The Kier molecular flexibility index (Phi) is 21.9. The van der Waals surface area contributed by atoms with Gasteiger partial charge in [-0.3, -0.25) is 0 Å². The Balaban J connectivity index is 0.000000127. The first-order valence-electron chi connectivity index (χ1n) is 55.1. The number of nitrogens with zero attached hydrogens (tertiary/aromatic N) is 5. The van der Waals surface area contributed by atoms with Gasteiger partial charge in [0, 0.05) is 89.0 Å². The predicted octanol–water partition coefficient (Wildman–Crippen LogP) is 39.1. The molecule has 0 N–H and O–H groups in total. The Hall–Kier alpha value is -16.6. The van der Waals surface area contributed by atoms with Crippen molar-refractivity contribution in [1.82, 2.24) is 0 Å². The van der Waals surface area contributed by atoms with Gasteiger partial charge in [-0.2, -0.15) is 0 Å². The van der Waals surface area contributed by atoms with Crippen LogP contribution in [0.1, 0.15) is 155 Å². The van der Waals surface area contributed by atoms with Crippen LogP contribution in [0, 0.1) is 0 Å². The Morgan fingerprint density at radius 2 is 0.611 bits per heavy atom. The molecule has 1 atom stereocenters. The largest absolute Gasteiger partial charge is 0.311 e. The van der Waals surface area contributed by atoms with Crippen LogP contribution >= 0.6 is 11.3 Å². The lowest BCUT2D eigenvalue weighted by molar-refractivity contribution is 0.443. The highest BCUT2D eigenvalue weighted by atomic mass is 32.1. The molecular weight excluding hydrogens is 1760 g/mol. The molecule has 0 saturated heterocycles. The molecule has 6 heteroatoms. The number of thiophene rings is 1. The van der Waals surface area contributed by atoms with Crippen molar-refractivity contribution in [3.63, 3.8) is 0 Å². The number of hydrogen-bond acceptors (Lipinski definition) is 6. The van der Waals surface area contributed by atoms with Gasteiger partial charge in [0.15, 0.2) is 0 Å². The van der Waals surface area contributed by atoms with E-state index in [1.165, 1.54) is 183 Å². The molecule has 0 radical (unpaired) electrons. The van der Waals surface area contributed by atoms with Gasteiger partial charge >= 0.3 is 0 Å². The van der Waals surface area contributed by atoms with Crippen LogP contribution in [0.15, 0.2) is 515 Å². The molecule has 4 aliphatic rings. The second-order valence-electron chi connectivity index (χ2n) is 39.4. The summed E-state index contributed by atoms with van der Waals surface area (Å²) < 4.78 is 86.4. The first kappa shape index (κ1) is 80.1. The van der Waals surface area contributed by atoms with E-state index in [9.17, 15) is 0 Å². The second kappa shape index (κ2) is 39.4. The second-order valence-corrected chi connectivity index (χ2v) is 40.3. The van der Waals surface area contributed by atoms with Crippen LogP contribution in [0.3, 0.4) is 0 Å². The lowest BCUT2D eigenvalue weighted by atomic mass is 9.71. The summed E-state index contributed by atoms with van der Waals surface area (Å²) in [5.41, 5.74) is 37.9. The van der Waals surface area contributed by atoms with Crippen molar-refractivity contribution in [3.8, 4) is 55.6 Å². The number of hydrogen-bond donors (Lipinski definition) is 0. The van der Waals surface area contributed by atoms with Crippen LogP contribution in [-0.4, -0.2) is 0 Å². The van der Waals surface area contributed by atoms with Gasteiger partial charge in [-0.25, -0.2) is 0 Å². The summed E-state index contributed by atoms with van der Waals surface area (Å²) in [6.45, 7) is 14.1. The van der Waals surface area contributed by atoms with E-state index >= 15 is 0 Å². The highest BCUT2D eigenvalue weighted by Gasteiger charge is 2.42. The molecule has 0 amide bonds. The number of para-hydroxylation sites is 8. The van der Waals surface area contributed by atoms with E-state index in [2.05, 4.69) is 491 Å². The summed E-state index contributed by atoms with van der Waals surface area (Å²) in [7, 11) is 0. The predicted molar refractivity (Wildman–Crippen MR) is 611 cm³/mol. The molecule has 5 nitrogen and oxygen atoms in total. The van der Waals surface area contributed by atoms with E-state index in [0.29, 0.717) is 5.92 Å². The van der Waals surface area contributed by atoms with Gasteiger partial charge in [0.1, 0.15) is 0 Å². The Labute approximate surface area is 867 Å². The number of rotatable bonds is 18. The van der Waals surface area contributed by atoms with Crippen molar-refractivity contribution < 1.29 is 13.7 Å². The molecular formula is C138H115N5S. The third-order valence-electron chi connectivity index (χ3n) is 29.7. The fourth-order valence-corrected chi connectivity index (χ4v) is 23.3. The molecule has 1 aliphatic carbocycles. The van der Waals surface area contributed by atoms with Crippen LogP contribution in [0.2, 0.25) is 0 Å². The first-order chi connectivity index (χ1) is 74.9. The molecule has 144 heavy (non-hydrogen) atoms. The van der Waals surface area contributed by atoms with Gasteiger partial charge in [0.05, 0.1) is 47.8 Å². The van der Waals surface area contributed by atoms with Crippen molar-refractivity contribution >= 4 is 107 Å². The Bertz CT molecular complexity index is 8610. The quantitative estimate of drug-likeness (QED) is 0.0794. The van der Waals surface area contributed by atoms with Crippen molar-refractivity contribution in [1.29, 1.82) is 0 Å². The summed E-state index contributed by atoms with van der Waals surface area (Å²) in [5, 5.41) is 2.99. The highest BCUT2D eigenvalue weighted by Crippen LogP contribution is 2.59. The van der Waals surface area contributed by atoms with Gasteiger partial charge in [0.2, 0.25) is 0 Å². The number of fused-ring (bicyclic) bond motifs is 7. The van der Waals surface area contributed by atoms with Gasteiger partial charge < -0.3 is 24.5 Å². The van der Waals surface area contributed by atoms with E-state index < -0.39 is 60.4 Å². The minimum Gasteiger partial charge on any atom is -0.311 e. The average Bonchev–Trinajstić information content (AvgIpc) is 1.23. The van der Waals surface area contributed by atoms with Gasteiger partial charge in [-0.15, -0.1) is 11.3 Å². The molecule has 4 heterocycles. The summed E-state index contributed by atoms with van der Waals surface area (Å²) in [4.78, 5) is 10.7. The fraction of sp³-hybridized carbons (Fsp3) is 0.116.